The molecule has 2 amide bonds. The van der Waals surface area contributed by atoms with Crippen molar-refractivity contribution in [3.05, 3.63) is 46.4 Å². The van der Waals surface area contributed by atoms with Gasteiger partial charge in [-0.3, -0.25) is 9.59 Å². The Kier molecular flexibility index (Phi) is 6.92. The molecule has 0 bridgehead atoms. The first-order valence-electron chi connectivity index (χ1n) is 9.58. The fourth-order valence-corrected chi connectivity index (χ4v) is 5.02. The van der Waals surface area contributed by atoms with Crippen molar-refractivity contribution in [2.45, 2.75) is 11.3 Å². The van der Waals surface area contributed by atoms with Crippen LogP contribution < -0.4 is 10.2 Å². The molecular formula is C19H18ClFN6O3S2. The van der Waals surface area contributed by atoms with E-state index < -0.39 is 11.7 Å². The van der Waals surface area contributed by atoms with Gasteiger partial charge in [-0.2, -0.15) is 0 Å². The average molecular weight is 497 g/mol. The number of aryl methyl sites for hydroxylation is 1. The van der Waals surface area contributed by atoms with E-state index in [1.54, 1.807) is 17.9 Å². The van der Waals surface area contributed by atoms with E-state index in [-0.39, 0.29) is 22.2 Å². The Morgan fingerprint density at radius 2 is 2.06 bits per heavy atom. The molecule has 9 nitrogen and oxygen atoms in total. The Morgan fingerprint density at radius 3 is 2.75 bits per heavy atom. The molecule has 0 unspecified atom stereocenters. The van der Waals surface area contributed by atoms with Gasteiger partial charge in [-0.1, -0.05) is 45.9 Å². The summed E-state index contributed by atoms with van der Waals surface area (Å²) in [4.78, 5) is 28.3. The van der Waals surface area contributed by atoms with Crippen molar-refractivity contribution in [2.75, 3.05) is 42.1 Å². The maximum atomic E-state index is 14.1. The van der Waals surface area contributed by atoms with E-state index >= 15 is 0 Å². The molecule has 0 radical (unpaired) electrons. The standard InChI is InChI=1S/C19H18ClFN6O3S2/c1-11-9-14(25-30-11)22-15(28)10-31-19-24-23-18(32-19)27-7-5-26(6-8-27)17(29)16-12(20)3-2-4-13(16)21/h2-4,9H,5-8,10H2,1H3,(H,22,25,28). The number of aromatic nitrogens is 3. The lowest BCUT2D eigenvalue weighted by atomic mass is 10.1. The predicted molar refractivity (Wildman–Crippen MR) is 120 cm³/mol. The minimum Gasteiger partial charge on any atom is -0.360 e. The normalized spacial score (nSPS) is 14.0. The predicted octanol–water partition coefficient (Wildman–Crippen LogP) is 3.32. The highest BCUT2D eigenvalue weighted by Gasteiger charge is 2.27. The maximum Gasteiger partial charge on any atom is 0.258 e. The third-order valence-electron chi connectivity index (χ3n) is 4.63. The lowest BCUT2D eigenvalue weighted by Gasteiger charge is -2.34. The summed E-state index contributed by atoms with van der Waals surface area (Å²) >= 11 is 8.66. The second-order valence-electron chi connectivity index (χ2n) is 6.89. The summed E-state index contributed by atoms with van der Waals surface area (Å²) in [7, 11) is 0. The third-order valence-corrected chi connectivity index (χ3v) is 7.06. The van der Waals surface area contributed by atoms with Gasteiger partial charge in [0.1, 0.15) is 11.6 Å². The molecule has 1 aliphatic heterocycles. The molecule has 1 aromatic carbocycles. The highest BCUT2D eigenvalue weighted by Crippen LogP contribution is 2.29. The second-order valence-corrected chi connectivity index (χ2v) is 9.47. The van der Waals surface area contributed by atoms with Crippen molar-refractivity contribution >= 4 is 57.5 Å². The van der Waals surface area contributed by atoms with E-state index in [2.05, 4.69) is 20.7 Å². The van der Waals surface area contributed by atoms with E-state index in [0.29, 0.717) is 47.2 Å². The Balaban J connectivity index is 1.28. The molecule has 1 saturated heterocycles. The molecule has 0 saturated carbocycles. The Bertz CT molecular complexity index is 1110. The van der Waals surface area contributed by atoms with Gasteiger partial charge in [-0.25, -0.2) is 4.39 Å². The first-order valence-corrected chi connectivity index (χ1v) is 11.8. The molecule has 168 valence electrons. The molecule has 3 heterocycles. The number of nitrogens with zero attached hydrogens (tertiary/aromatic N) is 5. The van der Waals surface area contributed by atoms with Crippen LogP contribution >= 0.6 is 34.7 Å². The molecular weight excluding hydrogens is 479 g/mol. The van der Waals surface area contributed by atoms with E-state index in [0.717, 1.165) is 0 Å². The zero-order chi connectivity index (χ0) is 22.7. The van der Waals surface area contributed by atoms with Crippen LogP contribution in [0.25, 0.3) is 0 Å². The van der Waals surface area contributed by atoms with Crippen LogP contribution in [0.2, 0.25) is 5.02 Å². The van der Waals surface area contributed by atoms with E-state index in [9.17, 15) is 14.0 Å². The summed E-state index contributed by atoms with van der Waals surface area (Å²) in [5.41, 5.74) is -0.101. The van der Waals surface area contributed by atoms with Gasteiger partial charge in [0.25, 0.3) is 5.91 Å². The summed E-state index contributed by atoms with van der Waals surface area (Å²) in [6, 6.07) is 5.83. The minimum absolute atomic E-state index is 0.101. The van der Waals surface area contributed by atoms with Gasteiger partial charge in [0.15, 0.2) is 10.2 Å². The molecule has 13 heteroatoms. The number of carbonyl (C=O) groups is 2. The van der Waals surface area contributed by atoms with Gasteiger partial charge in [0.2, 0.25) is 11.0 Å². The summed E-state index contributed by atoms with van der Waals surface area (Å²) < 4.78 is 19.6. The number of nitrogens with one attached hydrogen (secondary N) is 1. The fraction of sp³-hybridized carbons (Fsp3) is 0.316. The topological polar surface area (TPSA) is 104 Å². The average Bonchev–Trinajstić information content (AvgIpc) is 3.41. The Labute approximate surface area is 195 Å². The van der Waals surface area contributed by atoms with Crippen molar-refractivity contribution in [2.24, 2.45) is 0 Å². The van der Waals surface area contributed by atoms with Gasteiger partial charge in [-0.15, -0.1) is 10.2 Å². The van der Waals surface area contributed by atoms with Crippen molar-refractivity contribution < 1.29 is 18.5 Å². The van der Waals surface area contributed by atoms with Gasteiger partial charge < -0.3 is 19.6 Å². The number of hydrogen-bond donors (Lipinski definition) is 1. The van der Waals surface area contributed by atoms with Crippen LogP contribution in [-0.2, 0) is 4.79 Å². The first-order chi connectivity index (χ1) is 15.4. The van der Waals surface area contributed by atoms with Crippen LogP contribution in [0.5, 0.6) is 0 Å². The number of rotatable bonds is 6. The SMILES string of the molecule is Cc1cc(NC(=O)CSc2nnc(N3CCN(C(=O)c4c(F)cccc4Cl)CC3)s2)no1. The van der Waals surface area contributed by atoms with E-state index in [1.807, 2.05) is 4.90 Å². The first kappa shape index (κ1) is 22.5. The van der Waals surface area contributed by atoms with Crippen molar-refractivity contribution in [3.63, 3.8) is 0 Å². The zero-order valence-corrected chi connectivity index (χ0v) is 19.3. The lowest BCUT2D eigenvalue weighted by Crippen LogP contribution is -2.49. The summed E-state index contributed by atoms with van der Waals surface area (Å²) in [6.45, 7) is 3.62. The lowest BCUT2D eigenvalue weighted by molar-refractivity contribution is -0.113. The summed E-state index contributed by atoms with van der Waals surface area (Å²) in [5, 5.41) is 15.5. The molecule has 3 aromatic rings. The molecule has 32 heavy (non-hydrogen) atoms. The number of halogens is 2. The number of thioether (sulfide) groups is 1. The van der Waals surface area contributed by atoms with Crippen LogP contribution in [0.1, 0.15) is 16.1 Å². The second kappa shape index (κ2) is 9.84. The molecule has 1 fully saturated rings. The van der Waals surface area contributed by atoms with Gasteiger partial charge in [0, 0.05) is 32.2 Å². The number of anilines is 2. The maximum absolute atomic E-state index is 14.1. The highest BCUT2D eigenvalue weighted by molar-refractivity contribution is 8.01. The quantitative estimate of drug-likeness (QED) is 0.518. The minimum atomic E-state index is -0.626. The monoisotopic (exact) mass is 496 g/mol. The van der Waals surface area contributed by atoms with Crippen LogP contribution in [0.4, 0.5) is 15.3 Å². The third kappa shape index (κ3) is 5.19. The number of amides is 2. The fourth-order valence-electron chi connectivity index (χ4n) is 3.08. The summed E-state index contributed by atoms with van der Waals surface area (Å²) in [6.07, 6.45) is 0. The molecule has 4 rings (SSSR count). The molecule has 0 spiro atoms. The van der Waals surface area contributed by atoms with Crippen molar-refractivity contribution in [3.8, 4) is 0 Å². The number of hydrogen-bond acceptors (Lipinski definition) is 9. The number of carbonyl (C=O) groups excluding carboxylic acids is 2. The van der Waals surface area contributed by atoms with Crippen LogP contribution in [-0.4, -0.2) is 64.0 Å². The van der Waals surface area contributed by atoms with Gasteiger partial charge >= 0.3 is 0 Å². The Morgan fingerprint density at radius 1 is 1.28 bits per heavy atom. The zero-order valence-electron chi connectivity index (χ0n) is 16.9. The van der Waals surface area contributed by atoms with Gasteiger partial charge in [-0.05, 0) is 19.1 Å². The van der Waals surface area contributed by atoms with E-state index in [4.69, 9.17) is 16.1 Å². The molecule has 0 atom stereocenters. The molecule has 1 aliphatic rings. The van der Waals surface area contributed by atoms with Crippen LogP contribution in [0.3, 0.4) is 0 Å². The van der Waals surface area contributed by atoms with Crippen LogP contribution in [0, 0.1) is 12.7 Å². The number of benzene rings is 1. The van der Waals surface area contributed by atoms with Gasteiger partial charge in [0.05, 0.1) is 16.3 Å². The largest absolute Gasteiger partial charge is 0.360 e. The van der Waals surface area contributed by atoms with Crippen molar-refractivity contribution in [1.82, 2.24) is 20.3 Å². The smallest absolute Gasteiger partial charge is 0.258 e. The Hall–Kier alpha value is -2.70. The van der Waals surface area contributed by atoms with Crippen LogP contribution in [0.15, 0.2) is 33.1 Å². The number of piperazine rings is 1. The van der Waals surface area contributed by atoms with Crippen molar-refractivity contribution in [1.29, 1.82) is 0 Å². The molecule has 1 N–H and O–H groups in total. The molecule has 0 aliphatic carbocycles. The molecule has 2 aromatic heterocycles. The van der Waals surface area contributed by atoms with E-state index in [1.165, 1.54) is 41.3 Å². The highest BCUT2D eigenvalue weighted by atomic mass is 35.5. The summed E-state index contributed by atoms with van der Waals surface area (Å²) in [5.74, 6) is -0.130.